The summed E-state index contributed by atoms with van der Waals surface area (Å²) in [7, 11) is 0. The van der Waals surface area contributed by atoms with Gasteiger partial charge >= 0.3 is 0 Å². The summed E-state index contributed by atoms with van der Waals surface area (Å²) < 4.78 is 25.9. The van der Waals surface area contributed by atoms with Gasteiger partial charge in [0, 0.05) is 5.56 Å². The third-order valence-corrected chi connectivity index (χ3v) is 1.63. The molecule has 0 bridgehead atoms. The fourth-order valence-corrected chi connectivity index (χ4v) is 0.956. The molecule has 0 aliphatic rings. The van der Waals surface area contributed by atoms with Crippen LogP contribution in [0.4, 0.5) is 8.78 Å². The van der Waals surface area contributed by atoms with Crippen molar-refractivity contribution in [2.24, 2.45) is 0 Å². The number of hydrogen-bond donors (Lipinski definition) is 0. The number of hydrogen-bond acceptors (Lipinski definition) is 1. The van der Waals surface area contributed by atoms with Crippen LogP contribution < -0.4 is 0 Å². The molecule has 62 valence electrons. The van der Waals surface area contributed by atoms with E-state index < -0.39 is 11.6 Å². The Balaban J connectivity index is 3.25. The summed E-state index contributed by atoms with van der Waals surface area (Å²) in [4.78, 5) is 0. The topological polar surface area (TPSA) is 23.8 Å². The zero-order valence-corrected chi connectivity index (χ0v) is 6.56. The second-order valence-electron chi connectivity index (χ2n) is 2.49. The SMILES string of the molecule is Cc1ccc(F)c(CC#N)c1F. The van der Waals surface area contributed by atoms with Crippen LogP contribution in [0.5, 0.6) is 0 Å². The zero-order valence-electron chi connectivity index (χ0n) is 6.56. The van der Waals surface area contributed by atoms with Crippen LogP contribution in [0.15, 0.2) is 12.1 Å². The molecule has 1 aromatic carbocycles. The minimum Gasteiger partial charge on any atom is -0.207 e. The predicted molar refractivity (Wildman–Crippen MR) is 40.4 cm³/mol. The van der Waals surface area contributed by atoms with E-state index in [0.29, 0.717) is 5.56 Å². The number of halogens is 2. The van der Waals surface area contributed by atoms with E-state index in [2.05, 4.69) is 0 Å². The maximum atomic E-state index is 13.1. The first-order valence-electron chi connectivity index (χ1n) is 3.47. The summed E-state index contributed by atoms with van der Waals surface area (Å²) in [6.45, 7) is 1.54. The summed E-state index contributed by atoms with van der Waals surface area (Å²) in [5.74, 6) is -1.27. The molecule has 1 nitrogen and oxygen atoms in total. The highest BCUT2D eigenvalue weighted by atomic mass is 19.1. The Morgan fingerprint density at radius 3 is 2.67 bits per heavy atom. The van der Waals surface area contributed by atoms with E-state index in [9.17, 15) is 8.78 Å². The van der Waals surface area contributed by atoms with Gasteiger partial charge < -0.3 is 0 Å². The van der Waals surface area contributed by atoms with E-state index in [0.717, 1.165) is 0 Å². The van der Waals surface area contributed by atoms with Gasteiger partial charge in [-0.3, -0.25) is 0 Å². The molecule has 0 aromatic heterocycles. The van der Waals surface area contributed by atoms with E-state index in [4.69, 9.17) is 5.26 Å². The average Bonchev–Trinajstić information content (AvgIpc) is 2.06. The molecule has 0 fully saturated rings. The first-order chi connectivity index (χ1) is 5.66. The Labute approximate surface area is 69.2 Å². The molecule has 0 atom stereocenters. The van der Waals surface area contributed by atoms with Gasteiger partial charge in [-0.05, 0) is 18.6 Å². The molecule has 1 aromatic rings. The van der Waals surface area contributed by atoms with E-state index in [1.54, 1.807) is 6.07 Å². The standard InChI is InChI=1S/C9H7F2N/c1-6-2-3-8(10)7(4-5-12)9(6)11/h2-3H,4H2,1H3. The van der Waals surface area contributed by atoms with Crippen molar-refractivity contribution in [2.45, 2.75) is 13.3 Å². The normalized spacial score (nSPS) is 9.50. The average molecular weight is 167 g/mol. The van der Waals surface area contributed by atoms with Gasteiger partial charge in [0.1, 0.15) is 11.6 Å². The molecule has 12 heavy (non-hydrogen) atoms. The minimum absolute atomic E-state index is 0.141. The van der Waals surface area contributed by atoms with Crippen LogP contribution in [0, 0.1) is 29.9 Å². The Kier molecular flexibility index (Phi) is 2.39. The summed E-state index contributed by atoms with van der Waals surface area (Å²) in [5, 5.41) is 8.28. The molecular weight excluding hydrogens is 160 g/mol. The lowest BCUT2D eigenvalue weighted by Gasteiger charge is -2.02. The molecular formula is C9H7F2N. The van der Waals surface area contributed by atoms with Crippen molar-refractivity contribution < 1.29 is 8.78 Å². The second-order valence-corrected chi connectivity index (χ2v) is 2.49. The van der Waals surface area contributed by atoms with Gasteiger partial charge in [-0.1, -0.05) is 6.07 Å². The van der Waals surface area contributed by atoms with Crippen molar-refractivity contribution in [3.05, 3.63) is 34.9 Å². The fraction of sp³-hybridized carbons (Fsp3) is 0.222. The van der Waals surface area contributed by atoms with E-state index in [-0.39, 0.29) is 12.0 Å². The minimum atomic E-state index is -0.653. The fourth-order valence-electron chi connectivity index (χ4n) is 0.956. The quantitative estimate of drug-likeness (QED) is 0.629. The van der Waals surface area contributed by atoms with Gasteiger partial charge in [0.05, 0.1) is 12.5 Å². The third kappa shape index (κ3) is 1.42. The number of nitriles is 1. The molecule has 0 saturated carbocycles. The van der Waals surface area contributed by atoms with E-state index in [1.165, 1.54) is 19.1 Å². The van der Waals surface area contributed by atoms with Gasteiger partial charge in [0.2, 0.25) is 0 Å². The maximum absolute atomic E-state index is 13.1. The second kappa shape index (κ2) is 3.31. The van der Waals surface area contributed by atoms with Gasteiger partial charge in [0.25, 0.3) is 0 Å². The molecule has 0 heterocycles. The van der Waals surface area contributed by atoms with Crippen molar-refractivity contribution >= 4 is 0 Å². The number of aryl methyl sites for hydroxylation is 1. The van der Waals surface area contributed by atoms with Crippen molar-refractivity contribution in [1.29, 1.82) is 5.26 Å². The van der Waals surface area contributed by atoms with Crippen LogP contribution in [-0.2, 0) is 6.42 Å². The maximum Gasteiger partial charge on any atom is 0.133 e. The van der Waals surface area contributed by atoms with Crippen molar-refractivity contribution in [3.63, 3.8) is 0 Å². The van der Waals surface area contributed by atoms with E-state index >= 15 is 0 Å². The largest absolute Gasteiger partial charge is 0.207 e. The van der Waals surface area contributed by atoms with Gasteiger partial charge in [-0.2, -0.15) is 5.26 Å². The first-order valence-corrected chi connectivity index (χ1v) is 3.47. The zero-order chi connectivity index (χ0) is 9.14. The summed E-state index contributed by atoms with van der Waals surface area (Å²) in [6.07, 6.45) is -0.223. The molecule has 0 N–H and O–H groups in total. The highest BCUT2D eigenvalue weighted by Crippen LogP contribution is 2.16. The van der Waals surface area contributed by atoms with Crippen LogP contribution in [0.3, 0.4) is 0 Å². The Bertz CT molecular complexity index is 339. The van der Waals surface area contributed by atoms with Gasteiger partial charge in [-0.15, -0.1) is 0 Å². The molecule has 0 aliphatic carbocycles. The summed E-state index contributed by atoms with van der Waals surface area (Å²) >= 11 is 0. The lowest BCUT2D eigenvalue weighted by Crippen LogP contribution is -1.96. The molecule has 0 radical (unpaired) electrons. The smallest absolute Gasteiger partial charge is 0.133 e. The summed E-state index contributed by atoms with van der Waals surface area (Å²) in [5.41, 5.74) is 0.221. The lowest BCUT2D eigenvalue weighted by molar-refractivity contribution is 0.557. The van der Waals surface area contributed by atoms with Crippen LogP contribution in [0.2, 0.25) is 0 Å². The molecule has 0 saturated heterocycles. The Morgan fingerprint density at radius 1 is 1.42 bits per heavy atom. The van der Waals surface area contributed by atoms with Crippen LogP contribution >= 0.6 is 0 Å². The predicted octanol–water partition coefficient (Wildman–Crippen LogP) is 2.34. The van der Waals surface area contributed by atoms with Crippen molar-refractivity contribution in [3.8, 4) is 6.07 Å². The molecule has 0 amide bonds. The Hall–Kier alpha value is -1.43. The monoisotopic (exact) mass is 167 g/mol. The highest BCUT2D eigenvalue weighted by Gasteiger charge is 2.09. The Morgan fingerprint density at radius 2 is 2.08 bits per heavy atom. The highest BCUT2D eigenvalue weighted by molar-refractivity contribution is 5.28. The first kappa shape index (κ1) is 8.66. The lowest BCUT2D eigenvalue weighted by atomic mass is 10.1. The number of nitrogens with zero attached hydrogens (tertiary/aromatic N) is 1. The number of benzene rings is 1. The number of rotatable bonds is 1. The van der Waals surface area contributed by atoms with Crippen LogP contribution in [-0.4, -0.2) is 0 Å². The van der Waals surface area contributed by atoms with Crippen LogP contribution in [0.25, 0.3) is 0 Å². The van der Waals surface area contributed by atoms with Crippen LogP contribution in [0.1, 0.15) is 11.1 Å². The molecule has 1 rings (SSSR count). The van der Waals surface area contributed by atoms with E-state index in [1.807, 2.05) is 0 Å². The molecule has 0 spiro atoms. The molecule has 0 unspecified atom stereocenters. The van der Waals surface area contributed by atoms with Crippen molar-refractivity contribution in [2.75, 3.05) is 0 Å². The summed E-state index contributed by atoms with van der Waals surface area (Å²) in [6, 6.07) is 4.24. The molecule has 3 heteroatoms. The third-order valence-electron chi connectivity index (χ3n) is 1.63. The van der Waals surface area contributed by atoms with Gasteiger partial charge in [-0.25, -0.2) is 8.78 Å². The molecule has 0 aliphatic heterocycles. The van der Waals surface area contributed by atoms with Crippen molar-refractivity contribution in [1.82, 2.24) is 0 Å². The van der Waals surface area contributed by atoms with Gasteiger partial charge in [0.15, 0.2) is 0 Å².